The molecule has 0 saturated carbocycles. The summed E-state index contributed by atoms with van der Waals surface area (Å²) in [6.45, 7) is 0. The van der Waals surface area contributed by atoms with Crippen LogP contribution in [-0.4, -0.2) is 0 Å². The Morgan fingerprint density at radius 3 is 2.23 bits per heavy atom. The Bertz CT molecular complexity index is 368. The quantitative estimate of drug-likeness (QED) is 0.650. The van der Waals surface area contributed by atoms with Crippen molar-refractivity contribution < 1.29 is 8.78 Å². The monoisotopic (exact) mass is 183 g/mol. The molecule has 1 aromatic rings. The van der Waals surface area contributed by atoms with Gasteiger partial charge in [0.1, 0.15) is 0 Å². The third-order valence-electron chi connectivity index (χ3n) is 1.61. The summed E-state index contributed by atoms with van der Waals surface area (Å²) in [7, 11) is 0. The molecule has 4 N–H and O–H groups in total. The average Bonchev–Trinajstić information content (AvgIpc) is 2.08. The van der Waals surface area contributed by atoms with E-state index in [-0.39, 0.29) is 22.5 Å². The predicted octanol–water partition coefficient (Wildman–Crippen LogP) is 1.66. The molecule has 0 aliphatic carbocycles. The summed E-state index contributed by atoms with van der Waals surface area (Å²) in [4.78, 5) is 0. The second-order valence-corrected chi connectivity index (χ2v) is 2.48. The molecule has 0 amide bonds. The molecule has 0 aliphatic heterocycles. The summed E-state index contributed by atoms with van der Waals surface area (Å²) in [5, 5.41) is 8.50. The van der Waals surface area contributed by atoms with Crippen LogP contribution in [0, 0.1) is 11.3 Å². The van der Waals surface area contributed by atoms with Crippen LogP contribution < -0.4 is 11.5 Å². The lowest BCUT2D eigenvalue weighted by Gasteiger charge is -2.06. The first-order chi connectivity index (χ1) is 6.06. The second kappa shape index (κ2) is 3.27. The second-order valence-electron chi connectivity index (χ2n) is 2.48. The minimum absolute atomic E-state index is 0.0642. The molecule has 0 atom stereocenters. The first-order valence-corrected chi connectivity index (χ1v) is 3.43. The highest BCUT2D eigenvalue weighted by Crippen LogP contribution is 2.28. The predicted molar refractivity (Wildman–Crippen MR) is 44.9 cm³/mol. The number of nitrogen functional groups attached to an aromatic ring is 2. The highest BCUT2D eigenvalue weighted by atomic mass is 19.3. The molecular formula is C8H7F2N3. The van der Waals surface area contributed by atoms with Crippen LogP contribution in [0.5, 0.6) is 0 Å². The summed E-state index contributed by atoms with van der Waals surface area (Å²) < 4.78 is 24.6. The first kappa shape index (κ1) is 9.26. The standard InChI is InChI=1S/C8H7F2N3/c9-8(10)5-2-7(13)6(12)1-4(5)3-11/h1-2,8H,12-13H2. The van der Waals surface area contributed by atoms with E-state index >= 15 is 0 Å². The van der Waals surface area contributed by atoms with Crippen LogP contribution in [0.1, 0.15) is 17.6 Å². The van der Waals surface area contributed by atoms with Gasteiger partial charge in [-0.2, -0.15) is 5.26 Å². The first-order valence-electron chi connectivity index (χ1n) is 3.43. The van der Waals surface area contributed by atoms with Crippen LogP contribution in [0.2, 0.25) is 0 Å². The third-order valence-corrected chi connectivity index (χ3v) is 1.61. The Hall–Kier alpha value is -1.83. The van der Waals surface area contributed by atoms with E-state index in [0.29, 0.717) is 0 Å². The van der Waals surface area contributed by atoms with Crippen molar-refractivity contribution in [2.75, 3.05) is 11.5 Å². The van der Waals surface area contributed by atoms with Crippen LogP contribution in [0.4, 0.5) is 20.2 Å². The molecule has 0 heterocycles. The maximum absolute atomic E-state index is 12.3. The van der Waals surface area contributed by atoms with Gasteiger partial charge in [-0.25, -0.2) is 8.78 Å². The lowest BCUT2D eigenvalue weighted by molar-refractivity contribution is 0.151. The maximum Gasteiger partial charge on any atom is 0.265 e. The summed E-state index contributed by atoms with van der Waals surface area (Å²) in [6.07, 6.45) is -2.71. The maximum atomic E-state index is 12.3. The van der Waals surface area contributed by atoms with E-state index in [2.05, 4.69) is 0 Å². The number of nitrogens with zero attached hydrogens (tertiary/aromatic N) is 1. The highest BCUT2D eigenvalue weighted by molar-refractivity contribution is 5.67. The fraction of sp³-hybridized carbons (Fsp3) is 0.125. The van der Waals surface area contributed by atoms with Crippen molar-refractivity contribution in [1.82, 2.24) is 0 Å². The van der Waals surface area contributed by atoms with Gasteiger partial charge in [0, 0.05) is 5.56 Å². The number of nitrogens with two attached hydrogens (primary N) is 2. The zero-order chi connectivity index (χ0) is 10.0. The molecule has 1 rings (SSSR count). The molecule has 0 fully saturated rings. The van der Waals surface area contributed by atoms with Crippen molar-refractivity contribution in [3.63, 3.8) is 0 Å². The molecule has 3 nitrogen and oxygen atoms in total. The number of halogens is 2. The van der Waals surface area contributed by atoms with Gasteiger partial charge >= 0.3 is 0 Å². The molecule has 13 heavy (non-hydrogen) atoms. The van der Waals surface area contributed by atoms with Gasteiger partial charge in [0.2, 0.25) is 0 Å². The molecule has 0 aliphatic rings. The van der Waals surface area contributed by atoms with E-state index < -0.39 is 6.43 Å². The molecule has 1 aromatic carbocycles. The van der Waals surface area contributed by atoms with Crippen LogP contribution in [0.25, 0.3) is 0 Å². The smallest absolute Gasteiger partial charge is 0.265 e. The van der Waals surface area contributed by atoms with E-state index in [1.54, 1.807) is 6.07 Å². The molecular weight excluding hydrogens is 176 g/mol. The zero-order valence-electron chi connectivity index (χ0n) is 6.59. The van der Waals surface area contributed by atoms with E-state index in [9.17, 15) is 8.78 Å². The molecule has 0 unspecified atom stereocenters. The SMILES string of the molecule is N#Cc1cc(N)c(N)cc1C(F)F. The van der Waals surface area contributed by atoms with Gasteiger partial charge in [-0.15, -0.1) is 0 Å². The van der Waals surface area contributed by atoms with Crippen molar-refractivity contribution >= 4 is 11.4 Å². The Labute approximate surface area is 73.6 Å². The average molecular weight is 183 g/mol. The topological polar surface area (TPSA) is 75.8 Å². The molecule has 0 radical (unpaired) electrons. The van der Waals surface area contributed by atoms with E-state index in [1.165, 1.54) is 0 Å². The molecule has 5 heteroatoms. The van der Waals surface area contributed by atoms with Gasteiger partial charge < -0.3 is 11.5 Å². The van der Waals surface area contributed by atoms with Crippen molar-refractivity contribution in [1.29, 1.82) is 5.26 Å². The lowest BCUT2D eigenvalue weighted by Crippen LogP contribution is -1.99. The van der Waals surface area contributed by atoms with Gasteiger partial charge in [-0.05, 0) is 12.1 Å². The van der Waals surface area contributed by atoms with Crippen LogP contribution >= 0.6 is 0 Å². The number of anilines is 2. The largest absolute Gasteiger partial charge is 0.397 e. The Morgan fingerprint density at radius 1 is 1.23 bits per heavy atom. The lowest BCUT2D eigenvalue weighted by atomic mass is 10.1. The van der Waals surface area contributed by atoms with E-state index in [0.717, 1.165) is 12.1 Å². The molecule has 0 aromatic heterocycles. The van der Waals surface area contributed by atoms with Gasteiger partial charge in [-0.3, -0.25) is 0 Å². The van der Waals surface area contributed by atoms with Crippen LogP contribution in [-0.2, 0) is 0 Å². The fourth-order valence-corrected chi connectivity index (χ4v) is 0.928. The summed E-state index contributed by atoms with van der Waals surface area (Å²) >= 11 is 0. The van der Waals surface area contributed by atoms with Gasteiger partial charge in [0.05, 0.1) is 23.0 Å². The number of hydrogen-bond donors (Lipinski definition) is 2. The van der Waals surface area contributed by atoms with Crippen molar-refractivity contribution in [2.24, 2.45) is 0 Å². The Morgan fingerprint density at radius 2 is 1.77 bits per heavy atom. The minimum atomic E-state index is -2.71. The fourth-order valence-electron chi connectivity index (χ4n) is 0.928. The summed E-state index contributed by atoms with van der Waals surface area (Å²) in [6, 6.07) is 3.81. The van der Waals surface area contributed by atoms with Crippen molar-refractivity contribution in [3.8, 4) is 6.07 Å². The summed E-state index contributed by atoms with van der Waals surface area (Å²) in [5.74, 6) is 0. The zero-order valence-corrected chi connectivity index (χ0v) is 6.59. The number of benzene rings is 1. The number of rotatable bonds is 1. The van der Waals surface area contributed by atoms with Crippen molar-refractivity contribution in [2.45, 2.75) is 6.43 Å². The number of hydrogen-bond acceptors (Lipinski definition) is 3. The minimum Gasteiger partial charge on any atom is -0.397 e. The number of alkyl halides is 2. The van der Waals surface area contributed by atoms with Crippen molar-refractivity contribution in [3.05, 3.63) is 23.3 Å². The number of nitriles is 1. The third kappa shape index (κ3) is 1.67. The molecule has 68 valence electrons. The van der Waals surface area contributed by atoms with Crippen LogP contribution in [0.15, 0.2) is 12.1 Å². The normalized spacial score (nSPS) is 10.0. The highest BCUT2D eigenvalue weighted by Gasteiger charge is 2.14. The molecule has 0 saturated heterocycles. The Kier molecular flexibility index (Phi) is 2.33. The van der Waals surface area contributed by atoms with Gasteiger partial charge in [-0.1, -0.05) is 0 Å². The van der Waals surface area contributed by atoms with Crippen LogP contribution in [0.3, 0.4) is 0 Å². The Balaban J connectivity index is 3.35. The summed E-state index contributed by atoms with van der Waals surface area (Å²) in [5.41, 5.74) is 10.3. The van der Waals surface area contributed by atoms with E-state index in [4.69, 9.17) is 16.7 Å². The molecule has 0 spiro atoms. The van der Waals surface area contributed by atoms with Gasteiger partial charge in [0.25, 0.3) is 6.43 Å². The van der Waals surface area contributed by atoms with Gasteiger partial charge in [0.15, 0.2) is 0 Å². The van der Waals surface area contributed by atoms with E-state index in [1.807, 2.05) is 0 Å². The molecule has 0 bridgehead atoms.